The minimum atomic E-state index is 0.195. The molecule has 3 nitrogen and oxygen atoms in total. The number of halogens is 2. The van der Waals surface area contributed by atoms with Gasteiger partial charge in [0.25, 0.3) is 0 Å². The van der Waals surface area contributed by atoms with Gasteiger partial charge < -0.3 is 10.2 Å². The molecular weight excluding hydrogens is 338 g/mol. The highest BCUT2D eigenvalue weighted by Gasteiger charge is 2.07. The van der Waals surface area contributed by atoms with Crippen LogP contribution in [0.2, 0.25) is 5.15 Å². The van der Waals surface area contributed by atoms with Gasteiger partial charge in [-0.3, -0.25) is 0 Å². The van der Waals surface area contributed by atoms with E-state index in [1.54, 1.807) is 6.20 Å². The maximum Gasteiger partial charge on any atom is 0.143 e. The van der Waals surface area contributed by atoms with Crippen molar-refractivity contribution in [3.8, 4) is 0 Å². The van der Waals surface area contributed by atoms with Crippen LogP contribution in [-0.2, 0) is 0 Å². The zero-order valence-electron chi connectivity index (χ0n) is 11.7. The van der Waals surface area contributed by atoms with E-state index in [-0.39, 0.29) is 6.04 Å². The molecule has 1 aromatic heterocycles. The molecule has 2 rings (SSSR count). The molecule has 2 aromatic rings. The lowest BCUT2D eigenvalue weighted by molar-refractivity contribution is 0.882. The molecule has 0 aliphatic carbocycles. The monoisotopic (exact) mass is 353 g/mol. The van der Waals surface area contributed by atoms with Crippen LogP contribution < -0.4 is 10.2 Å². The Kier molecular flexibility index (Phi) is 4.89. The second-order valence-electron chi connectivity index (χ2n) is 4.85. The number of rotatable bonds is 4. The van der Waals surface area contributed by atoms with Crippen molar-refractivity contribution in [2.24, 2.45) is 0 Å². The first-order valence-electron chi connectivity index (χ1n) is 6.32. The van der Waals surface area contributed by atoms with Crippen molar-refractivity contribution < 1.29 is 0 Å². The molecule has 0 aliphatic heterocycles. The number of anilines is 2. The molecular formula is C15H17BrClN3. The fraction of sp³-hybridized carbons (Fsp3) is 0.267. The Morgan fingerprint density at radius 3 is 2.45 bits per heavy atom. The lowest BCUT2D eigenvalue weighted by Gasteiger charge is -2.18. The summed E-state index contributed by atoms with van der Waals surface area (Å²) in [5.74, 6) is 0. The number of hydrogen-bond donors (Lipinski definition) is 1. The smallest absolute Gasteiger partial charge is 0.143 e. The van der Waals surface area contributed by atoms with Crippen molar-refractivity contribution in [3.05, 3.63) is 51.7 Å². The SMILES string of the molecule is CC(Nc1cnc(Cl)c(Br)c1)c1ccc(N(C)C)cc1. The van der Waals surface area contributed by atoms with Crippen LogP contribution in [0.3, 0.4) is 0 Å². The van der Waals surface area contributed by atoms with E-state index in [2.05, 4.69) is 62.3 Å². The Labute approximate surface area is 133 Å². The predicted octanol–water partition coefficient (Wildman–Crippen LogP) is 4.74. The van der Waals surface area contributed by atoms with Crippen LogP contribution >= 0.6 is 27.5 Å². The summed E-state index contributed by atoms with van der Waals surface area (Å²) in [6, 6.07) is 10.6. The van der Waals surface area contributed by atoms with Gasteiger partial charge in [-0.1, -0.05) is 23.7 Å². The molecule has 1 N–H and O–H groups in total. The van der Waals surface area contributed by atoms with Crippen molar-refractivity contribution in [1.82, 2.24) is 4.98 Å². The third-order valence-corrected chi connectivity index (χ3v) is 4.22. The fourth-order valence-electron chi connectivity index (χ4n) is 1.89. The summed E-state index contributed by atoms with van der Waals surface area (Å²) in [6.45, 7) is 2.12. The Morgan fingerprint density at radius 1 is 1.25 bits per heavy atom. The van der Waals surface area contributed by atoms with Crippen LogP contribution in [0.15, 0.2) is 41.0 Å². The Balaban J connectivity index is 2.10. The van der Waals surface area contributed by atoms with Gasteiger partial charge in [-0.2, -0.15) is 0 Å². The molecule has 0 radical (unpaired) electrons. The molecule has 20 heavy (non-hydrogen) atoms. The van der Waals surface area contributed by atoms with Gasteiger partial charge in [0.1, 0.15) is 5.15 Å². The van der Waals surface area contributed by atoms with Crippen molar-refractivity contribution in [1.29, 1.82) is 0 Å². The molecule has 5 heteroatoms. The predicted molar refractivity (Wildman–Crippen MR) is 89.8 cm³/mol. The first-order chi connectivity index (χ1) is 9.47. The van der Waals surface area contributed by atoms with Gasteiger partial charge in [0, 0.05) is 25.8 Å². The number of pyridine rings is 1. The number of nitrogens with zero attached hydrogens (tertiary/aromatic N) is 2. The molecule has 106 valence electrons. The van der Waals surface area contributed by atoms with E-state index in [4.69, 9.17) is 11.6 Å². The van der Waals surface area contributed by atoms with Gasteiger partial charge >= 0.3 is 0 Å². The van der Waals surface area contributed by atoms with Crippen LogP contribution in [0, 0.1) is 0 Å². The van der Waals surface area contributed by atoms with E-state index in [1.807, 2.05) is 20.2 Å². The summed E-state index contributed by atoms with van der Waals surface area (Å²) < 4.78 is 0.791. The molecule has 0 amide bonds. The molecule has 1 atom stereocenters. The van der Waals surface area contributed by atoms with Gasteiger partial charge in [0.15, 0.2) is 0 Å². The summed E-state index contributed by atoms with van der Waals surface area (Å²) in [5, 5.41) is 3.88. The normalized spacial score (nSPS) is 12.1. The largest absolute Gasteiger partial charge is 0.378 e. The topological polar surface area (TPSA) is 28.2 Å². The van der Waals surface area contributed by atoms with Crippen LogP contribution in [-0.4, -0.2) is 19.1 Å². The minimum absolute atomic E-state index is 0.195. The quantitative estimate of drug-likeness (QED) is 0.804. The standard InChI is InChI=1S/C15H17BrClN3/c1-10(11-4-6-13(7-5-11)20(2)3)19-12-8-14(16)15(17)18-9-12/h4-10,19H,1-3H3. The van der Waals surface area contributed by atoms with E-state index in [9.17, 15) is 0 Å². The van der Waals surface area contributed by atoms with Gasteiger partial charge in [-0.25, -0.2) is 4.98 Å². The van der Waals surface area contributed by atoms with Gasteiger partial charge in [0.05, 0.1) is 16.4 Å². The molecule has 1 aromatic carbocycles. The van der Waals surface area contributed by atoms with Crippen molar-refractivity contribution >= 4 is 38.9 Å². The molecule has 0 aliphatic rings. The van der Waals surface area contributed by atoms with Crippen LogP contribution in [0.25, 0.3) is 0 Å². The maximum atomic E-state index is 5.89. The second kappa shape index (κ2) is 6.46. The third-order valence-electron chi connectivity index (χ3n) is 3.09. The number of hydrogen-bond acceptors (Lipinski definition) is 3. The average Bonchev–Trinajstić information content (AvgIpc) is 2.43. The second-order valence-corrected chi connectivity index (χ2v) is 6.06. The van der Waals surface area contributed by atoms with Crippen molar-refractivity contribution in [2.45, 2.75) is 13.0 Å². The highest BCUT2D eigenvalue weighted by molar-refractivity contribution is 9.10. The number of benzene rings is 1. The van der Waals surface area contributed by atoms with Gasteiger partial charge in [0.2, 0.25) is 0 Å². The minimum Gasteiger partial charge on any atom is -0.378 e. The molecule has 0 saturated heterocycles. The van der Waals surface area contributed by atoms with Gasteiger partial charge in [-0.15, -0.1) is 0 Å². The number of aromatic nitrogens is 1. The van der Waals surface area contributed by atoms with Crippen molar-refractivity contribution in [2.75, 3.05) is 24.3 Å². The van der Waals surface area contributed by atoms with E-state index in [1.165, 1.54) is 11.3 Å². The fourth-order valence-corrected chi connectivity index (χ4v) is 2.35. The molecule has 0 bridgehead atoms. The third kappa shape index (κ3) is 3.64. The summed E-state index contributed by atoms with van der Waals surface area (Å²) in [7, 11) is 4.07. The number of nitrogens with one attached hydrogen (secondary N) is 1. The Bertz CT molecular complexity index is 584. The highest BCUT2D eigenvalue weighted by Crippen LogP contribution is 2.26. The summed E-state index contributed by atoms with van der Waals surface area (Å²) in [4.78, 5) is 6.20. The first-order valence-corrected chi connectivity index (χ1v) is 7.49. The van der Waals surface area contributed by atoms with E-state index >= 15 is 0 Å². The molecule has 0 saturated carbocycles. The lowest BCUT2D eigenvalue weighted by atomic mass is 10.1. The van der Waals surface area contributed by atoms with Crippen molar-refractivity contribution in [3.63, 3.8) is 0 Å². The van der Waals surface area contributed by atoms with Crippen LogP contribution in [0.5, 0.6) is 0 Å². The zero-order chi connectivity index (χ0) is 14.7. The molecule has 0 fully saturated rings. The Hall–Kier alpha value is -1.26. The van der Waals surface area contributed by atoms with E-state index < -0.39 is 0 Å². The lowest BCUT2D eigenvalue weighted by Crippen LogP contribution is -2.10. The molecule has 1 heterocycles. The van der Waals surface area contributed by atoms with Crippen LogP contribution in [0.4, 0.5) is 11.4 Å². The molecule has 1 unspecified atom stereocenters. The van der Waals surface area contributed by atoms with E-state index in [0.29, 0.717) is 5.15 Å². The summed E-state index contributed by atoms with van der Waals surface area (Å²) >= 11 is 9.27. The first kappa shape index (κ1) is 15.1. The Morgan fingerprint density at radius 2 is 1.90 bits per heavy atom. The summed E-state index contributed by atoms with van der Waals surface area (Å²) in [5.41, 5.74) is 3.35. The molecule has 0 spiro atoms. The van der Waals surface area contributed by atoms with Crippen LogP contribution in [0.1, 0.15) is 18.5 Å². The summed E-state index contributed by atoms with van der Waals surface area (Å²) in [6.07, 6.45) is 1.73. The van der Waals surface area contributed by atoms with Gasteiger partial charge in [-0.05, 0) is 46.6 Å². The van der Waals surface area contributed by atoms with E-state index in [0.717, 1.165) is 10.2 Å². The zero-order valence-corrected chi connectivity index (χ0v) is 14.0. The highest BCUT2D eigenvalue weighted by atomic mass is 79.9. The average molecular weight is 355 g/mol. The maximum absolute atomic E-state index is 5.89.